The van der Waals surface area contributed by atoms with Gasteiger partial charge in [-0.1, -0.05) is 43.3 Å². The number of hydrogen-bond acceptors (Lipinski definition) is 6. The van der Waals surface area contributed by atoms with Gasteiger partial charge in [-0.25, -0.2) is 5.43 Å². The summed E-state index contributed by atoms with van der Waals surface area (Å²) in [4.78, 5) is 36.3. The van der Waals surface area contributed by atoms with Gasteiger partial charge in [0.2, 0.25) is 0 Å². The number of hydrazone groups is 1. The summed E-state index contributed by atoms with van der Waals surface area (Å²) < 4.78 is 10.9. The molecular weight excluding hydrogens is 508 g/mol. The lowest BCUT2D eigenvalue weighted by Gasteiger charge is -2.09. The van der Waals surface area contributed by atoms with Crippen LogP contribution in [0.2, 0.25) is 5.02 Å². The highest BCUT2D eigenvalue weighted by atomic mass is 35.5. The molecule has 0 aliphatic heterocycles. The number of ether oxygens (including phenoxy) is 2. The smallest absolute Gasteiger partial charge is 0.329 e. The second-order valence-electron chi connectivity index (χ2n) is 7.85. The molecule has 0 saturated carbocycles. The highest BCUT2D eigenvalue weighted by Crippen LogP contribution is 2.25. The van der Waals surface area contributed by atoms with Crippen LogP contribution in [0.1, 0.15) is 18.1 Å². The van der Waals surface area contributed by atoms with Crippen LogP contribution in [0.15, 0.2) is 84.5 Å². The van der Waals surface area contributed by atoms with Gasteiger partial charge in [-0.2, -0.15) is 5.10 Å². The first-order valence-corrected chi connectivity index (χ1v) is 12.0. The van der Waals surface area contributed by atoms with Gasteiger partial charge in [0.1, 0.15) is 18.1 Å². The Morgan fingerprint density at radius 1 is 0.921 bits per heavy atom. The molecule has 0 fully saturated rings. The quantitative estimate of drug-likeness (QED) is 0.144. The number of benzene rings is 3. The molecule has 10 heteroatoms. The van der Waals surface area contributed by atoms with E-state index in [0.717, 1.165) is 6.42 Å². The zero-order valence-corrected chi connectivity index (χ0v) is 21.5. The summed E-state index contributed by atoms with van der Waals surface area (Å²) >= 11 is 6.24. The summed E-state index contributed by atoms with van der Waals surface area (Å²) in [5.41, 5.74) is 4.96. The van der Waals surface area contributed by atoms with Crippen molar-refractivity contribution in [1.29, 1.82) is 0 Å². The third-order valence-electron chi connectivity index (χ3n) is 5.03. The fraction of sp³-hybridized carbons (Fsp3) is 0.143. The summed E-state index contributed by atoms with van der Waals surface area (Å²) in [5, 5.41) is 9.25. The minimum atomic E-state index is -0.949. The Kier molecular flexibility index (Phi) is 10.4. The second kappa shape index (κ2) is 14.2. The Morgan fingerprint density at radius 2 is 1.61 bits per heavy atom. The maximum absolute atomic E-state index is 12.2. The number of rotatable bonds is 11. The molecule has 3 rings (SSSR count). The third kappa shape index (κ3) is 8.79. The van der Waals surface area contributed by atoms with Crippen molar-refractivity contribution in [3.05, 3.63) is 95.5 Å². The van der Waals surface area contributed by atoms with Crippen LogP contribution < -0.4 is 25.5 Å². The molecule has 0 aliphatic rings. The van der Waals surface area contributed by atoms with Crippen LogP contribution in [-0.2, 0) is 20.8 Å². The summed E-state index contributed by atoms with van der Waals surface area (Å²) in [6.45, 7) is 5.76. The van der Waals surface area contributed by atoms with Crippen molar-refractivity contribution in [2.75, 3.05) is 23.8 Å². The van der Waals surface area contributed by atoms with Crippen molar-refractivity contribution < 1.29 is 23.9 Å². The van der Waals surface area contributed by atoms with Gasteiger partial charge in [0.05, 0.1) is 11.2 Å². The molecule has 0 radical (unpaired) electrons. The first-order chi connectivity index (χ1) is 18.4. The van der Waals surface area contributed by atoms with E-state index in [1.165, 1.54) is 11.8 Å². The number of anilines is 2. The molecule has 0 aliphatic carbocycles. The molecule has 0 heterocycles. The Balaban J connectivity index is 1.45. The van der Waals surface area contributed by atoms with E-state index in [9.17, 15) is 14.4 Å². The van der Waals surface area contributed by atoms with Crippen LogP contribution >= 0.6 is 11.6 Å². The van der Waals surface area contributed by atoms with Crippen LogP contribution in [0.5, 0.6) is 11.5 Å². The number of amides is 3. The minimum absolute atomic E-state index is 0.224. The lowest BCUT2D eigenvalue weighted by Crippen LogP contribution is -2.32. The molecule has 0 aromatic heterocycles. The predicted octanol–water partition coefficient (Wildman–Crippen LogP) is 4.57. The van der Waals surface area contributed by atoms with Crippen molar-refractivity contribution in [3.63, 3.8) is 0 Å². The van der Waals surface area contributed by atoms with Crippen molar-refractivity contribution >= 4 is 46.9 Å². The standard InChI is InChI=1S/C28H27ClN4O5/c1-3-15-37-23-12-10-22(11-13-23)32-27(35)28(36)33-30-17-20-7-14-25(24(29)16-20)38-18-26(34)31-21-8-5-19(4-2)6-9-21/h3,5-14,16-17H,1,4,15,18H2,2H3,(H,31,34)(H,32,35)(H,33,36)/b30-17-. The zero-order chi connectivity index (χ0) is 27.3. The lowest BCUT2D eigenvalue weighted by molar-refractivity contribution is -0.136. The van der Waals surface area contributed by atoms with Crippen molar-refractivity contribution in [2.24, 2.45) is 5.10 Å². The Morgan fingerprint density at radius 3 is 2.26 bits per heavy atom. The monoisotopic (exact) mass is 534 g/mol. The van der Waals surface area contributed by atoms with Gasteiger partial charge in [-0.15, -0.1) is 0 Å². The summed E-state index contributed by atoms with van der Waals surface area (Å²) in [6.07, 6.45) is 3.85. The minimum Gasteiger partial charge on any atom is -0.490 e. The zero-order valence-electron chi connectivity index (χ0n) is 20.7. The fourth-order valence-corrected chi connectivity index (χ4v) is 3.32. The van der Waals surface area contributed by atoms with E-state index in [-0.39, 0.29) is 17.5 Å². The summed E-state index contributed by atoms with van der Waals surface area (Å²) in [6, 6.07) is 18.8. The highest BCUT2D eigenvalue weighted by Gasteiger charge is 2.13. The van der Waals surface area contributed by atoms with Gasteiger partial charge in [0, 0.05) is 11.4 Å². The van der Waals surface area contributed by atoms with Crippen LogP contribution in [0.25, 0.3) is 0 Å². The van der Waals surface area contributed by atoms with E-state index < -0.39 is 11.8 Å². The van der Waals surface area contributed by atoms with Crippen molar-refractivity contribution in [1.82, 2.24) is 5.43 Å². The van der Waals surface area contributed by atoms with E-state index >= 15 is 0 Å². The molecule has 3 N–H and O–H groups in total. The van der Waals surface area contributed by atoms with Crippen LogP contribution in [0.4, 0.5) is 11.4 Å². The predicted molar refractivity (Wildman–Crippen MR) is 148 cm³/mol. The molecule has 196 valence electrons. The van der Waals surface area contributed by atoms with Gasteiger partial charge >= 0.3 is 11.8 Å². The molecule has 0 unspecified atom stereocenters. The van der Waals surface area contributed by atoms with E-state index in [2.05, 4.69) is 34.7 Å². The van der Waals surface area contributed by atoms with E-state index in [1.54, 1.807) is 48.5 Å². The van der Waals surface area contributed by atoms with Gasteiger partial charge < -0.3 is 20.1 Å². The van der Waals surface area contributed by atoms with Gasteiger partial charge in [0.15, 0.2) is 6.61 Å². The molecule has 0 atom stereocenters. The number of carbonyl (C=O) groups excluding carboxylic acids is 3. The molecule has 38 heavy (non-hydrogen) atoms. The molecule has 0 bridgehead atoms. The molecule has 0 saturated heterocycles. The average Bonchev–Trinajstić information content (AvgIpc) is 2.92. The molecule has 3 amide bonds. The topological polar surface area (TPSA) is 118 Å². The van der Waals surface area contributed by atoms with Gasteiger partial charge in [-0.05, 0) is 72.1 Å². The molecular formula is C28H27ClN4O5. The third-order valence-corrected chi connectivity index (χ3v) is 5.32. The number of carbonyl (C=O) groups is 3. The van der Waals surface area contributed by atoms with E-state index in [1.807, 2.05) is 24.3 Å². The van der Waals surface area contributed by atoms with Crippen LogP contribution in [0.3, 0.4) is 0 Å². The maximum Gasteiger partial charge on any atom is 0.329 e. The van der Waals surface area contributed by atoms with Crippen molar-refractivity contribution in [3.8, 4) is 11.5 Å². The SMILES string of the molecule is C=CCOc1ccc(NC(=O)C(=O)N/N=C\c2ccc(OCC(=O)Nc3ccc(CC)cc3)c(Cl)c2)cc1. The van der Waals surface area contributed by atoms with Crippen LogP contribution in [-0.4, -0.2) is 37.1 Å². The Labute approximate surface area is 225 Å². The maximum atomic E-state index is 12.2. The lowest BCUT2D eigenvalue weighted by atomic mass is 10.1. The average molecular weight is 535 g/mol. The number of halogens is 1. The van der Waals surface area contributed by atoms with Crippen LogP contribution in [0, 0.1) is 0 Å². The first-order valence-electron chi connectivity index (χ1n) is 11.7. The second-order valence-corrected chi connectivity index (χ2v) is 8.26. The molecule has 9 nitrogen and oxygen atoms in total. The summed E-state index contributed by atoms with van der Waals surface area (Å²) in [7, 11) is 0. The Hall–Kier alpha value is -4.63. The fourth-order valence-electron chi connectivity index (χ4n) is 3.07. The van der Waals surface area contributed by atoms with E-state index in [0.29, 0.717) is 35.0 Å². The van der Waals surface area contributed by atoms with Gasteiger partial charge in [0.25, 0.3) is 5.91 Å². The summed E-state index contributed by atoms with van der Waals surface area (Å²) in [5.74, 6) is -1.25. The molecule has 0 spiro atoms. The number of nitrogens with zero attached hydrogens (tertiary/aromatic N) is 1. The number of nitrogens with one attached hydrogen (secondary N) is 3. The first kappa shape index (κ1) is 27.9. The number of hydrogen-bond donors (Lipinski definition) is 3. The Bertz CT molecular complexity index is 1310. The van der Waals surface area contributed by atoms with Gasteiger partial charge in [-0.3, -0.25) is 14.4 Å². The molecule has 3 aromatic rings. The van der Waals surface area contributed by atoms with E-state index in [4.69, 9.17) is 21.1 Å². The van der Waals surface area contributed by atoms with Crippen molar-refractivity contribution in [2.45, 2.75) is 13.3 Å². The normalized spacial score (nSPS) is 10.5. The highest BCUT2D eigenvalue weighted by molar-refractivity contribution is 6.39. The largest absolute Gasteiger partial charge is 0.490 e. The number of aryl methyl sites for hydroxylation is 1. The molecule has 3 aromatic carbocycles.